The van der Waals surface area contributed by atoms with Crippen LogP contribution in [0.2, 0.25) is 0 Å². The van der Waals surface area contributed by atoms with Gasteiger partial charge >= 0.3 is 0 Å². The van der Waals surface area contributed by atoms with E-state index in [2.05, 4.69) is 17.2 Å². The van der Waals surface area contributed by atoms with Crippen molar-refractivity contribution < 1.29 is 0 Å². The number of rotatable bonds is 3. The Morgan fingerprint density at radius 1 is 2.00 bits per heavy atom. The topological polar surface area (TPSA) is 34.0 Å². The molecule has 1 rings (SSSR count). The molecule has 2 nitrogen and oxygen atoms in total. The molecule has 2 N–H and O–H groups in total. The molecule has 0 amide bonds. The van der Waals surface area contributed by atoms with Crippen LogP contribution < -0.4 is 10.6 Å². The van der Waals surface area contributed by atoms with Crippen LogP contribution in [0.15, 0.2) is 12.7 Å². The summed E-state index contributed by atoms with van der Waals surface area (Å²) in [7, 11) is 0. The van der Waals surface area contributed by atoms with E-state index in [1.165, 1.54) is 0 Å². The molecule has 1 heterocycles. The molecule has 0 aromatic heterocycles. The third-order valence-corrected chi connectivity index (χ3v) is 0.917. The highest BCUT2D eigenvalue weighted by Gasteiger charge is 2.16. The van der Waals surface area contributed by atoms with Crippen LogP contribution in [0.4, 0.5) is 0 Å². The van der Waals surface area contributed by atoms with E-state index >= 15 is 0 Å². The van der Waals surface area contributed by atoms with Gasteiger partial charge in [-0.15, -0.1) is 6.58 Å². The van der Waals surface area contributed by atoms with Gasteiger partial charge in [0, 0.05) is 13.1 Å². The fraction of sp³-hybridized carbons (Fsp3) is 0.600. The van der Waals surface area contributed by atoms with Gasteiger partial charge in [0.2, 0.25) is 0 Å². The summed E-state index contributed by atoms with van der Waals surface area (Å²) in [4.78, 5) is 0. The predicted octanol–water partition coefficient (Wildman–Crippen LogP) is -0.309. The molecule has 1 unspecified atom stereocenters. The monoisotopic (exact) mass is 98.1 g/mol. The summed E-state index contributed by atoms with van der Waals surface area (Å²) >= 11 is 0. The van der Waals surface area contributed by atoms with E-state index in [1.54, 1.807) is 0 Å². The molecule has 1 aliphatic rings. The molecule has 1 aliphatic heterocycles. The van der Waals surface area contributed by atoms with E-state index in [-0.39, 0.29) is 0 Å². The molecular formula is C5H10N2. The third kappa shape index (κ3) is 1.71. The Balaban J connectivity index is 1.88. The van der Waals surface area contributed by atoms with E-state index in [0.29, 0.717) is 6.17 Å². The minimum absolute atomic E-state index is 0.581. The Hall–Kier alpha value is -0.340. The summed E-state index contributed by atoms with van der Waals surface area (Å²) in [6.07, 6.45) is 2.44. The lowest BCUT2D eigenvalue weighted by atomic mass is 10.6. The Bertz CT molecular complexity index is 66.5. The second-order valence-electron chi connectivity index (χ2n) is 1.66. The highest BCUT2D eigenvalue weighted by molar-refractivity contribution is 4.83. The summed E-state index contributed by atoms with van der Waals surface area (Å²) in [6, 6.07) is 0. The van der Waals surface area contributed by atoms with E-state index in [9.17, 15) is 0 Å². The van der Waals surface area contributed by atoms with Crippen molar-refractivity contribution in [1.82, 2.24) is 10.6 Å². The second-order valence-corrected chi connectivity index (χ2v) is 1.66. The molecule has 0 bridgehead atoms. The van der Waals surface area contributed by atoms with Crippen LogP contribution in [-0.4, -0.2) is 19.3 Å². The van der Waals surface area contributed by atoms with E-state index in [4.69, 9.17) is 0 Å². The average Bonchev–Trinajstić information content (AvgIpc) is 2.42. The summed E-state index contributed by atoms with van der Waals surface area (Å²) < 4.78 is 0. The van der Waals surface area contributed by atoms with Crippen LogP contribution in [-0.2, 0) is 0 Å². The van der Waals surface area contributed by atoms with Crippen LogP contribution in [0.5, 0.6) is 0 Å². The van der Waals surface area contributed by atoms with Gasteiger partial charge in [-0.3, -0.25) is 10.6 Å². The molecule has 7 heavy (non-hydrogen) atoms. The van der Waals surface area contributed by atoms with Gasteiger partial charge in [0.05, 0.1) is 6.17 Å². The Kier molecular flexibility index (Phi) is 1.44. The van der Waals surface area contributed by atoms with Crippen LogP contribution in [0.3, 0.4) is 0 Å². The largest absolute Gasteiger partial charge is 0.298 e. The zero-order valence-electron chi connectivity index (χ0n) is 4.28. The first-order valence-electron chi connectivity index (χ1n) is 2.51. The van der Waals surface area contributed by atoms with E-state index in [1.807, 2.05) is 6.08 Å². The molecule has 1 saturated heterocycles. The summed E-state index contributed by atoms with van der Waals surface area (Å²) in [5.74, 6) is 0. The van der Waals surface area contributed by atoms with Crippen LogP contribution in [0.1, 0.15) is 0 Å². The maximum Gasteiger partial charge on any atom is 0.0704 e. The van der Waals surface area contributed by atoms with Crippen molar-refractivity contribution in [3.8, 4) is 0 Å². The van der Waals surface area contributed by atoms with Gasteiger partial charge in [-0.05, 0) is 0 Å². The molecule has 2 heteroatoms. The molecule has 1 atom stereocenters. The van der Waals surface area contributed by atoms with Gasteiger partial charge in [0.25, 0.3) is 0 Å². The lowest BCUT2D eigenvalue weighted by Gasteiger charge is -1.90. The molecule has 0 radical (unpaired) electrons. The molecule has 0 aromatic carbocycles. The molecular weight excluding hydrogens is 88.1 g/mol. The van der Waals surface area contributed by atoms with E-state index < -0.39 is 0 Å². The van der Waals surface area contributed by atoms with Crippen molar-refractivity contribution in [2.24, 2.45) is 0 Å². The second kappa shape index (κ2) is 2.09. The fourth-order valence-corrected chi connectivity index (χ4v) is 0.429. The summed E-state index contributed by atoms with van der Waals surface area (Å²) in [6.45, 7) is 5.60. The van der Waals surface area contributed by atoms with Gasteiger partial charge in [0.1, 0.15) is 0 Å². The molecule has 0 saturated carbocycles. The van der Waals surface area contributed by atoms with Crippen molar-refractivity contribution in [2.45, 2.75) is 6.17 Å². The standard InChI is InChI=1S/C5H10N2/c1-2-3-6-5-4-7-5/h2,5-7H,1,3-4H2. The maximum absolute atomic E-state index is 3.57. The minimum Gasteiger partial charge on any atom is -0.298 e. The van der Waals surface area contributed by atoms with E-state index in [0.717, 1.165) is 13.1 Å². The van der Waals surface area contributed by atoms with Gasteiger partial charge in [-0.25, -0.2) is 0 Å². The Labute approximate surface area is 43.6 Å². The third-order valence-electron chi connectivity index (χ3n) is 0.917. The average molecular weight is 98.1 g/mol. The first kappa shape index (κ1) is 4.81. The SMILES string of the molecule is C=CCNC1CN1. The highest BCUT2D eigenvalue weighted by atomic mass is 15.3. The molecule has 0 aromatic rings. The summed E-state index contributed by atoms with van der Waals surface area (Å²) in [5.41, 5.74) is 0. The lowest BCUT2D eigenvalue weighted by molar-refractivity contribution is 0.741. The zero-order valence-corrected chi connectivity index (χ0v) is 4.28. The Morgan fingerprint density at radius 2 is 2.71 bits per heavy atom. The molecule has 0 spiro atoms. The van der Waals surface area contributed by atoms with Crippen molar-refractivity contribution in [2.75, 3.05) is 13.1 Å². The molecule has 40 valence electrons. The highest BCUT2D eigenvalue weighted by Crippen LogP contribution is 1.87. The minimum atomic E-state index is 0.581. The van der Waals surface area contributed by atoms with Crippen molar-refractivity contribution in [3.05, 3.63) is 12.7 Å². The predicted molar refractivity (Wildman–Crippen MR) is 30.0 cm³/mol. The van der Waals surface area contributed by atoms with Crippen molar-refractivity contribution in [1.29, 1.82) is 0 Å². The first-order chi connectivity index (χ1) is 3.43. The number of nitrogens with one attached hydrogen (secondary N) is 2. The van der Waals surface area contributed by atoms with Crippen LogP contribution in [0, 0.1) is 0 Å². The van der Waals surface area contributed by atoms with Gasteiger partial charge < -0.3 is 0 Å². The lowest BCUT2D eigenvalue weighted by Crippen LogP contribution is -2.19. The molecule has 1 fully saturated rings. The fourth-order valence-electron chi connectivity index (χ4n) is 0.429. The van der Waals surface area contributed by atoms with Crippen molar-refractivity contribution in [3.63, 3.8) is 0 Å². The van der Waals surface area contributed by atoms with Gasteiger partial charge in [0.15, 0.2) is 0 Å². The zero-order chi connectivity index (χ0) is 5.11. The summed E-state index contributed by atoms with van der Waals surface area (Å²) in [5, 5.41) is 6.29. The quantitative estimate of drug-likeness (QED) is 0.375. The van der Waals surface area contributed by atoms with Gasteiger partial charge in [-0.1, -0.05) is 6.08 Å². The molecule has 0 aliphatic carbocycles. The van der Waals surface area contributed by atoms with Gasteiger partial charge in [-0.2, -0.15) is 0 Å². The normalized spacial score (nSPS) is 27.1. The van der Waals surface area contributed by atoms with Crippen LogP contribution >= 0.6 is 0 Å². The smallest absolute Gasteiger partial charge is 0.0704 e. The van der Waals surface area contributed by atoms with Crippen molar-refractivity contribution >= 4 is 0 Å². The Morgan fingerprint density at radius 3 is 3.14 bits per heavy atom. The number of hydrogen-bond donors (Lipinski definition) is 2. The van der Waals surface area contributed by atoms with Crippen LogP contribution in [0.25, 0.3) is 0 Å². The first-order valence-corrected chi connectivity index (χ1v) is 2.51. The number of hydrogen-bond acceptors (Lipinski definition) is 2. The maximum atomic E-state index is 3.57.